The molecule has 1 aromatic heterocycles. The maximum atomic E-state index is 12.5. The SMILES string of the molecule is CN(Cc1cccc2c1NCC2)Cc1ncnn1CC(F)F.Cl. The topological polar surface area (TPSA) is 46.0 Å². The lowest BCUT2D eigenvalue weighted by Crippen LogP contribution is -2.22. The molecule has 1 aliphatic heterocycles. The fourth-order valence-corrected chi connectivity index (χ4v) is 2.82. The van der Waals surface area contributed by atoms with Crippen LogP contribution in [-0.2, 0) is 26.1 Å². The first-order chi connectivity index (χ1) is 10.6. The summed E-state index contributed by atoms with van der Waals surface area (Å²) >= 11 is 0. The van der Waals surface area contributed by atoms with Crippen LogP contribution in [-0.4, -0.2) is 39.7 Å². The van der Waals surface area contributed by atoms with E-state index in [1.54, 1.807) is 0 Å². The van der Waals surface area contributed by atoms with Crippen molar-refractivity contribution in [3.63, 3.8) is 0 Å². The number of hydrogen-bond donors (Lipinski definition) is 1. The van der Waals surface area contributed by atoms with E-state index >= 15 is 0 Å². The van der Waals surface area contributed by atoms with E-state index < -0.39 is 13.0 Å². The summed E-state index contributed by atoms with van der Waals surface area (Å²) in [6.07, 6.45) is -0.0458. The molecule has 5 nitrogen and oxygen atoms in total. The van der Waals surface area contributed by atoms with E-state index in [1.807, 2.05) is 7.05 Å². The van der Waals surface area contributed by atoms with Gasteiger partial charge in [-0.1, -0.05) is 18.2 Å². The Bertz CT molecular complexity index is 647. The number of para-hydroxylation sites is 1. The van der Waals surface area contributed by atoms with E-state index in [2.05, 4.69) is 38.5 Å². The molecule has 0 atom stereocenters. The fraction of sp³-hybridized carbons (Fsp3) is 0.467. The van der Waals surface area contributed by atoms with E-state index in [-0.39, 0.29) is 12.4 Å². The van der Waals surface area contributed by atoms with Crippen molar-refractivity contribution >= 4 is 18.1 Å². The number of rotatable bonds is 6. The minimum absolute atomic E-state index is 0. The number of anilines is 1. The highest BCUT2D eigenvalue weighted by atomic mass is 35.5. The standard InChI is InChI=1S/C15H19F2N5.ClH/c1-21(9-14-19-10-20-22(14)8-13(16)17)7-12-4-2-3-11-5-6-18-15(11)12;/h2-4,10,13,18H,5-9H2,1H3;1H. The van der Waals surface area contributed by atoms with Crippen LogP contribution in [0.15, 0.2) is 24.5 Å². The number of nitrogens with one attached hydrogen (secondary N) is 1. The van der Waals surface area contributed by atoms with Crippen LogP contribution in [0.1, 0.15) is 17.0 Å². The molecule has 0 saturated carbocycles. The summed E-state index contributed by atoms with van der Waals surface area (Å²) < 4.78 is 26.3. The number of aromatic nitrogens is 3. The molecule has 0 saturated heterocycles. The van der Waals surface area contributed by atoms with Gasteiger partial charge in [0.05, 0.1) is 6.54 Å². The van der Waals surface area contributed by atoms with Gasteiger partial charge in [-0.05, 0) is 24.6 Å². The molecule has 1 aromatic carbocycles. The molecule has 1 N–H and O–H groups in total. The van der Waals surface area contributed by atoms with Crippen molar-refractivity contribution in [1.29, 1.82) is 0 Å². The Morgan fingerprint density at radius 1 is 1.35 bits per heavy atom. The number of hydrogen-bond acceptors (Lipinski definition) is 4. The molecule has 0 radical (unpaired) electrons. The van der Waals surface area contributed by atoms with Gasteiger partial charge in [0.25, 0.3) is 6.43 Å². The van der Waals surface area contributed by atoms with Gasteiger partial charge in [-0.15, -0.1) is 12.4 Å². The number of nitrogens with zero attached hydrogens (tertiary/aromatic N) is 4. The van der Waals surface area contributed by atoms with Crippen molar-refractivity contribution in [3.05, 3.63) is 41.5 Å². The Balaban J connectivity index is 0.00000192. The molecule has 23 heavy (non-hydrogen) atoms. The van der Waals surface area contributed by atoms with Crippen LogP contribution in [0.4, 0.5) is 14.5 Å². The van der Waals surface area contributed by atoms with E-state index in [0.717, 1.165) is 19.5 Å². The smallest absolute Gasteiger partial charge is 0.257 e. The van der Waals surface area contributed by atoms with E-state index in [1.165, 1.54) is 27.8 Å². The molecule has 1 aliphatic rings. The average Bonchev–Trinajstić information content (AvgIpc) is 3.08. The molecule has 126 valence electrons. The largest absolute Gasteiger partial charge is 0.384 e. The van der Waals surface area contributed by atoms with Gasteiger partial charge in [0.1, 0.15) is 18.7 Å². The van der Waals surface area contributed by atoms with Crippen molar-refractivity contribution in [1.82, 2.24) is 19.7 Å². The number of alkyl halides is 2. The predicted molar refractivity (Wildman–Crippen MR) is 87.1 cm³/mol. The monoisotopic (exact) mass is 343 g/mol. The molecule has 2 aromatic rings. The highest BCUT2D eigenvalue weighted by molar-refractivity contribution is 5.85. The summed E-state index contributed by atoms with van der Waals surface area (Å²) in [5.41, 5.74) is 3.77. The summed E-state index contributed by atoms with van der Waals surface area (Å²) in [4.78, 5) is 6.14. The van der Waals surface area contributed by atoms with Gasteiger partial charge in [0, 0.05) is 18.8 Å². The van der Waals surface area contributed by atoms with Gasteiger partial charge < -0.3 is 5.32 Å². The van der Waals surface area contributed by atoms with E-state index in [4.69, 9.17) is 0 Å². The van der Waals surface area contributed by atoms with Crippen LogP contribution in [0, 0.1) is 0 Å². The Morgan fingerprint density at radius 2 is 2.17 bits per heavy atom. The lowest BCUT2D eigenvalue weighted by Gasteiger charge is -2.18. The molecule has 0 fully saturated rings. The van der Waals surface area contributed by atoms with Crippen LogP contribution < -0.4 is 5.32 Å². The summed E-state index contributed by atoms with van der Waals surface area (Å²) in [5, 5.41) is 7.27. The molecule has 2 heterocycles. The van der Waals surface area contributed by atoms with Crippen LogP contribution in [0.3, 0.4) is 0 Å². The van der Waals surface area contributed by atoms with Crippen LogP contribution in [0.25, 0.3) is 0 Å². The van der Waals surface area contributed by atoms with Gasteiger partial charge in [-0.2, -0.15) is 5.10 Å². The Morgan fingerprint density at radius 3 is 2.96 bits per heavy atom. The molecule has 0 unspecified atom stereocenters. The zero-order chi connectivity index (χ0) is 15.5. The van der Waals surface area contributed by atoms with Gasteiger partial charge in [-0.3, -0.25) is 4.90 Å². The first kappa shape index (κ1) is 17.6. The normalized spacial score (nSPS) is 13.1. The van der Waals surface area contributed by atoms with Crippen molar-refractivity contribution < 1.29 is 8.78 Å². The Hall–Kier alpha value is -1.73. The zero-order valence-corrected chi connectivity index (χ0v) is 13.7. The second-order valence-electron chi connectivity index (χ2n) is 5.55. The molecule has 0 amide bonds. The third kappa shape index (κ3) is 4.17. The van der Waals surface area contributed by atoms with Gasteiger partial charge in [0.2, 0.25) is 0 Å². The lowest BCUT2D eigenvalue weighted by molar-refractivity contribution is 0.119. The van der Waals surface area contributed by atoms with E-state index in [0.29, 0.717) is 12.4 Å². The molecule has 3 rings (SSSR count). The Labute approximate surface area is 140 Å². The van der Waals surface area contributed by atoms with Gasteiger partial charge in [0.15, 0.2) is 0 Å². The molecule has 0 bridgehead atoms. The number of benzene rings is 1. The summed E-state index contributed by atoms with van der Waals surface area (Å²) in [6.45, 7) is 1.78. The first-order valence-corrected chi connectivity index (χ1v) is 7.31. The second kappa shape index (κ2) is 7.70. The van der Waals surface area contributed by atoms with Crippen molar-refractivity contribution in [3.8, 4) is 0 Å². The average molecular weight is 344 g/mol. The summed E-state index contributed by atoms with van der Waals surface area (Å²) in [5.74, 6) is 0.559. The summed E-state index contributed by atoms with van der Waals surface area (Å²) in [6, 6.07) is 6.30. The van der Waals surface area contributed by atoms with E-state index in [9.17, 15) is 8.78 Å². The fourth-order valence-electron chi connectivity index (χ4n) is 2.82. The quantitative estimate of drug-likeness (QED) is 0.875. The first-order valence-electron chi connectivity index (χ1n) is 7.31. The highest BCUT2D eigenvalue weighted by Crippen LogP contribution is 2.27. The Kier molecular flexibility index (Phi) is 5.90. The van der Waals surface area contributed by atoms with Crippen molar-refractivity contribution in [2.75, 3.05) is 18.9 Å². The molecule has 0 spiro atoms. The highest BCUT2D eigenvalue weighted by Gasteiger charge is 2.16. The van der Waals surface area contributed by atoms with Crippen molar-refractivity contribution in [2.45, 2.75) is 32.5 Å². The molecular formula is C15H20ClF2N5. The minimum Gasteiger partial charge on any atom is -0.384 e. The van der Waals surface area contributed by atoms with Crippen molar-refractivity contribution in [2.24, 2.45) is 0 Å². The lowest BCUT2D eigenvalue weighted by atomic mass is 10.1. The van der Waals surface area contributed by atoms with Gasteiger partial charge >= 0.3 is 0 Å². The number of fused-ring (bicyclic) bond motifs is 1. The van der Waals surface area contributed by atoms with Crippen LogP contribution in [0.2, 0.25) is 0 Å². The maximum absolute atomic E-state index is 12.5. The minimum atomic E-state index is -2.42. The zero-order valence-electron chi connectivity index (χ0n) is 12.9. The maximum Gasteiger partial charge on any atom is 0.257 e. The van der Waals surface area contributed by atoms with Crippen LogP contribution in [0.5, 0.6) is 0 Å². The van der Waals surface area contributed by atoms with Crippen LogP contribution >= 0.6 is 12.4 Å². The second-order valence-corrected chi connectivity index (χ2v) is 5.55. The third-order valence-corrected chi connectivity index (χ3v) is 3.79. The molecule has 0 aliphatic carbocycles. The third-order valence-electron chi connectivity index (χ3n) is 3.79. The predicted octanol–water partition coefficient (Wildman–Crippen LogP) is 2.57. The molecule has 8 heteroatoms. The van der Waals surface area contributed by atoms with Gasteiger partial charge in [-0.25, -0.2) is 18.4 Å². The number of halogens is 3. The summed E-state index contributed by atoms with van der Waals surface area (Å²) in [7, 11) is 1.95. The molecular weight excluding hydrogens is 324 g/mol.